The van der Waals surface area contributed by atoms with E-state index in [0.29, 0.717) is 0 Å². The predicted octanol–water partition coefficient (Wildman–Crippen LogP) is 2.43. The summed E-state index contributed by atoms with van der Waals surface area (Å²) in [7, 11) is 0. The highest BCUT2D eigenvalue weighted by atomic mass is 127. The standard InChI is InChI=1S/C9H11BrINO/c1-5(13)9(12)6-2-3-7(10)8(11)4-6/h2-5,9,13H,12H2,1H3/t5-,9-/m1/s1. The van der Waals surface area contributed by atoms with Gasteiger partial charge in [-0.1, -0.05) is 6.07 Å². The molecule has 0 aliphatic rings. The monoisotopic (exact) mass is 355 g/mol. The summed E-state index contributed by atoms with van der Waals surface area (Å²) in [5.41, 5.74) is 6.75. The van der Waals surface area contributed by atoms with Crippen molar-refractivity contribution in [1.82, 2.24) is 0 Å². The van der Waals surface area contributed by atoms with Crippen LogP contribution in [0.25, 0.3) is 0 Å². The minimum Gasteiger partial charge on any atom is -0.391 e. The first-order valence-electron chi connectivity index (χ1n) is 3.91. The summed E-state index contributed by atoms with van der Waals surface area (Å²) in [4.78, 5) is 0. The van der Waals surface area contributed by atoms with Crippen LogP contribution in [0.4, 0.5) is 0 Å². The topological polar surface area (TPSA) is 46.2 Å². The molecule has 1 rings (SSSR count). The maximum atomic E-state index is 9.30. The van der Waals surface area contributed by atoms with E-state index < -0.39 is 6.10 Å². The first-order valence-corrected chi connectivity index (χ1v) is 5.78. The van der Waals surface area contributed by atoms with Crippen LogP contribution in [-0.2, 0) is 0 Å². The van der Waals surface area contributed by atoms with Crippen LogP contribution in [0.5, 0.6) is 0 Å². The molecule has 0 unspecified atom stereocenters. The number of hydrogen-bond donors (Lipinski definition) is 2. The Morgan fingerprint density at radius 1 is 1.54 bits per heavy atom. The molecule has 0 aliphatic heterocycles. The number of hydrogen-bond acceptors (Lipinski definition) is 2. The summed E-state index contributed by atoms with van der Waals surface area (Å²) < 4.78 is 2.15. The van der Waals surface area contributed by atoms with E-state index in [1.54, 1.807) is 6.92 Å². The summed E-state index contributed by atoms with van der Waals surface area (Å²) in [6.45, 7) is 1.69. The van der Waals surface area contributed by atoms with Gasteiger partial charge in [0.25, 0.3) is 0 Å². The molecule has 1 aromatic carbocycles. The third-order valence-electron chi connectivity index (χ3n) is 1.85. The predicted molar refractivity (Wildman–Crippen MR) is 65.5 cm³/mol. The van der Waals surface area contributed by atoms with Crippen LogP contribution in [0.2, 0.25) is 0 Å². The van der Waals surface area contributed by atoms with E-state index >= 15 is 0 Å². The van der Waals surface area contributed by atoms with Gasteiger partial charge >= 0.3 is 0 Å². The molecule has 0 saturated heterocycles. The minimum absolute atomic E-state index is 0.304. The number of benzene rings is 1. The zero-order valence-electron chi connectivity index (χ0n) is 7.17. The Morgan fingerprint density at radius 2 is 2.15 bits per heavy atom. The lowest BCUT2D eigenvalue weighted by Gasteiger charge is -2.15. The lowest BCUT2D eigenvalue weighted by molar-refractivity contribution is 0.164. The van der Waals surface area contributed by atoms with Crippen molar-refractivity contribution in [2.75, 3.05) is 0 Å². The average Bonchev–Trinajstić information content (AvgIpc) is 2.08. The highest BCUT2D eigenvalue weighted by Crippen LogP contribution is 2.23. The molecule has 0 fully saturated rings. The van der Waals surface area contributed by atoms with Crippen LogP contribution in [0.15, 0.2) is 22.7 Å². The van der Waals surface area contributed by atoms with Crippen molar-refractivity contribution < 1.29 is 5.11 Å². The Morgan fingerprint density at radius 3 is 2.62 bits per heavy atom. The van der Waals surface area contributed by atoms with E-state index in [9.17, 15) is 5.11 Å². The van der Waals surface area contributed by atoms with Gasteiger partial charge < -0.3 is 10.8 Å². The molecule has 3 N–H and O–H groups in total. The van der Waals surface area contributed by atoms with Crippen LogP contribution in [0.3, 0.4) is 0 Å². The molecule has 2 atom stereocenters. The van der Waals surface area contributed by atoms with Gasteiger partial charge in [-0.25, -0.2) is 0 Å². The summed E-state index contributed by atoms with van der Waals surface area (Å²) >= 11 is 5.63. The largest absolute Gasteiger partial charge is 0.391 e. The van der Waals surface area contributed by atoms with Gasteiger partial charge in [0.15, 0.2) is 0 Å². The van der Waals surface area contributed by atoms with Crippen molar-refractivity contribution in [3.63, 3.8) is 0 Å². The van der Waals surface area contributed by atoms with E-state index in [2.05, 4.69) is 38.5 Å². The van der Waals surface area contributed by atoms with Crippen LogP contribution in [0, 0.1) is 3.57 Å². The van der Waals surface area contributed by atoms with E-state index in [4.69, 9.17) is 5.73 Å². The summed E-state index contributed by atoms with van der Waals surface area (Å²) in [5, 5.41) is 9.30. The second-order valence-electron chi connectivity index (χ2n) is 2.94. The third kappa shape index (κ3) is 2.90. The van der Waals surface area contributed by atoms with Gasteiger partial charge in [0.2, 0.25) is 0 Å². The lowest BCUT2D eigenvalue weighted by Crippen LogP contribution is -2.23. The molecular weight excluding hydrogens is 345 g/mol. The SMILES string of the molecule is C[C@@H](O)[C@@H](N)c1ccc(Br)c(I)c1. The van der Waals surface area contributed by atoms with Crippen LogP contribution >= 0.6 is 38.5 Å². The summed E-state index contributed by atoms with van der Waals surface area (Å²) in [6.07, 6.45) is -0.517. The first-order chi connectivity index (χ1) is 6.02. The number of aliphatic hydroxyl groups excluding tert-OH is 1. The molecule has 0 bridgehead atoms. The molecule has 0 aromatic heterocycles. The molecule has 13 heavy (non-hydrogen) atoms. The lowest BCUT2D eigenvalue weighted by atomic mass is 10.0. The number of nitrogens with two attached hydrogens (primary N) is 1. The van der Waals surface area contributed by atoms with Gasteiger partial charge in [0, 0.05) is 8.04 Å². The zero-order valence-corrected chi connectivity index (χ0v) is 10.9. The molecule has 4 heteroatoms. The van der Waals surface area contributed by atoms with Crippen molar-refractivity contribution in [2.24, 2.45) is 5.73 Å². The maximum absolute atomic E-state index is 9.30. The third-order valence-corrected chi connectivity index (χ3v) is 4.17. The molecule has 0 heterocycles. The molecule has 1 aromatic rings. The van der Waals surface area contributed by atoms with Gasteiger partial charge in [-0.05, 0) is 63.1 Å². The fourth-order valence-electron chi connectivity index (χ4n) is 0.998. The Kier molecular flexibility index (Phi) is 4.15. The van der Waals surface area contributed by atoms with Gasteiger partial charge in [-0.2, -0.15) is 0 Å². The molecule has 72 valence electrons. The van der Waals surface area contributed by atoms with E-state index in [-0.39, 0.29) is 6.04 Å². The second kappa shape index (κ2) is 4.72. The van der Waals surface area contributed by atoms with Crippen molar-refractivity contribution >= 4 is 38.5 Å². The summed E-state index contributed by atoms with van der Waals surface area (Å²) in [6, 6.07) is 5.53. The van der Waals surface area contributed by atoms with Crippen molar-refractivity contribution in [3.05, 3.63) is 31.8 Å². The van der Waals surface area contributed by atoms with Gasteiger partial charge in [0.1, 0.15) is 0 Å². The summed E-state index contributed by atoms with van der Waals surface area (Å²) in [5.74, 6) is 0. The van der Waals surface area contributed by atoms with E-state index in [1.165, 1.54) is 0 Å². The highest BCUT2D eigenvalue weighted by Gasteiger charge is 2.12. The molecule has 0 saturated carbocycles. The Balaban J connectivity index is 2.97. The quantitative estimate of drug-likeness (QED) is 0.800. The molecule has 0 radical (unpaired) electrons. The number of halogens is 2. The molecule has 0 spiro atoms. The van der Waals surface area contributed by atoms with Gasteiger partial charge in [0.05, 0.1) is 12.1 Å². The van der Waals surface area contributed by atoms with Gasteiger partial charge in [-0.15, -0.1) is 0 Å². The Labute approximate surface area is 99.8 Å². The van der Waals surface area contributed by atoms with Crippen molar-refractivity contribution in [2.45, 2.75) is 19.1 Å². The van der Waals surface area contributed by atoms with Crippen LogP contribution < -0.4 is 5.73 Å². The fourth-order valence-corrected chi connectivity index (χ4v) is 1.78. The average molecular weight is 356 g/mol. The van der Waals surface area contributed by atoms with Crippen molar-refractivity contribution in [3.8, 4) is 0 Å². The number of aliphatic hydroxyl groups is 1. The van der Waals surface area contributed by atoms with Crippen LogP contribution in [0.1, 0.15) is 18.5 Å². The van der Waals surface area contributed by atoms with Crippen LogP contribution in [-0.4, -0.2) is 11.2 Å². The van der Waals surface area contributed by atoms with Gasteiger partial charge in [-0.3, -0.25) is 0 Å². The fraction of sp³-hybridized carbons (Fsp3) is 0.333. The second-order valence-corrected chi connectivity index (χ2v) is 4.96. The Bertz CT molecular complexity index is 304. The minimum atomic E-state index is -0.517. The zero-order chi connectivity index (χ0) is 10.0. The smallest absolute Gasteiger partial charge is 0.0704 e. The molecule has 2 nitrogen and oxygen atoms in total. The highest BCUT2D eigenvalue weighted by molar-refractivity contribution is 14.1. The first kappa shape index (κ1) is 11.4. The number of rotatable bonds is 2. The van der Waals surface area contributed by atoms with Crippen molar-refractivity contribution in [1.29, 1.82) is 0 Å². The molecular formula is C9H11BrINO. The van der Waals surface area contributed by atoms with E-state index in [1.807, 2.05) is 18.2 Å². The normalized spacial score (nSPS) is 15.5. The molecule has 0 amide bonds. The molecule has 0 aliphatic carbocycles. The Hall–Kier alpha value is 0.350. The van der Waals surface area contributed by atoms with E-state index in [0.717, 1.165) is 13.6 Å². The maximum Gasteiger partial charge on any atom is 0.0704 e.